The number of rotatable bonds is 12. The fourth-order valence-corrected chi connectivity index (χ4v) is 4.02. The zero-order valence-electron chi connectivity index (χ0n) is 18.5. The second-order valence-electron chi connectivity index (χ2n) is 8.27. The van der Waals surface area contributed by atoms with E-state index in [1.165, 1.54) is 61.6 Å². The Morgan fingerprint density at radius 3 is 2.26 bits per heavy atom. The highest BCUT2D eigenvalue weighted by molar-refractivity contribution is 5.87. The number of para-hydroxylation sites is 1. The second kappa shape index (κ2) is 12.0. The number of benzene rings is 2. The van der Waals surface area contributed by atoms with Gasteiger partial charge in [-0.15, -0.1) is 0 Å². The molecule has 0 fully saturated rings. The lowest BCUT2D eigenvalue weighted by atomic mass is 9.99. The topological polar surface area (TPSA) is 50.2 Å². The molecule has 1 aromatic heterocycles. The molecule has 3 rings (SSSR count). The van der Waals surface area contributed by atoms with Crippen LogP contribution in [-0.4, -0.2) is 15.9 Å². The summed E-state index contributed by atoms with van der Waals surface area (Å²) < 4.78 is 0. The average Bonchev–Trinajstić information content (AvgIpc) is 2.77. The highest BCUT2D eigenvalue weighted by Crippen LogP contribution is 2.26. The Balaban J connectivity index is 1.45. The number of ketones is 1. The lowest BCUT2D eigenvalue weighted by Gasteiger charge is -2.10. The number of aromatic nitrogens is 1. The van der Waals surface area contributed by atoms with Gasteiger partial charge in [-0.1, -0.05) is 80.6 Å². The van der Waals surface area contributed by atoms with Gasteiger partial charge in [0.15, 0.2) is 5.78 Å². The molecule has 0 aliphatic carbocycles. The van der Waals surface area contributed by atoms with Crippen LogP contribution in [0.25, 0.3) is 22.2 Å². The van der Waals surface area contributed by atoms with E-state index in [1.807, 2.05) is 6.07 Å². The van der Waals surface area contributed by atoms with Gasteiger partial charge in [0.1, 0.15) is 0 Å². The van der Waals surface area contributed by atoms with Crippen molar-refractivity contribution in [3.05, 3.63) is 78.1 Å². The van der Waals surface area contributed by atoms with Crippen LogP contribution in [0.1, 0.15) is 63.9 Å². The maximum absolute atomic E-state index is 10.9. The van der Waals surface area contributed by atoms with E-state index < -0.39 is 0 Å². The molecule has 0 radical (unpaired) electrons. The minimum atomic E-state index is -0.0876. The molecule has 2 aromatic carbocycles. The molecule has 0 atom stereocenters. The summed E-state index contributed by atoms with van der Waals surface area (Å²) in [6.07, 6.45) is 11.1. The van der Waals surface area contributed by atoms with E-state index in [4.69, 9.17) is 4.98 Å². The molecular weight excluding hydrogens is 382 g/mol. The minimum Gasteiger partial charge on any atom is -0.512 e. The summed E-state index contributed by atoms with van der Waals surface area (Å²) in [7, 11) is 0. The SMILES string of the molecule is CC(=O)C=C(O)CCCCCCCCCc1cc(-c2ccccc2)nc2ccccc12. The largest absolute Gasteiger partial charge is 0.512 e. The number of allylic oxidation sites excluding steroid dienone is 2. The number of fused-ring (bicyclic) bond motifs is 1. The van der Waals surface area contributed by atoms with Gasteiger partial charge in [-0.2, -0.15) is 0 Å². The van der Waals surface area contributed by atoms with Crippen molar-refractivity contribution in [2.24, 2.45) is 0 Å². The average molecular weight is 416 g/mol. The zero-order chi connectivity index (χ0) is 21.9. The van der Waals surface area contributed by atoms with E-state index in [9.17, 15) is 9.90 Å². The Morgan fingerprint density at radius 2 is 1.52 bits per heavy atom. The summed E-state index contributed by atoms with van der Waals surface area (Å²) in [6, 6.07) is 21.1. The van der Waals surface area contributed by atoms with Crippen molar-refractivity contribution < 1.29 is 9.90 Å². The van der Waals surface area contributed by atoms with Crippen LogP contribution in [-0.2, 0) is 11.2 Å². The number of hydrogen-bond acceptors (Lipinski definition) is 3. The molecule has 0 spiro atoms. The Morgan fingerprint density at radius 1 is 0.871 bits per heavy atom. The number of carbonyl (C=O) groups excluding carboxylic acids is 1. The minimum absolute atomic E-state index is 0.0876. The molecule has 0 unspecified atom stereocenters. The van der Waals surface area contributed by atoms with Crippen molar-refractivity contribution in [3.8, 4) is 11.3 Å². The summed E-state index contributed by atoms with van der Waals surface area (Å²) in [4.78, 5) is 15.8. The molecule has 0 saturated carbocycles. The van der Waals surface area contributed by atoms with Crippen LogP contribution >= 0.6 is 0 Å². The number of aliphatic hydroxyl groups is 1. The fourth-order valence-electron chi connectivity index (χ4n) is 4.02. The molecule has 31 heavy (non-hydrogen) atoms. The van der Waals surface area contributed by atoms with Gasteiger partial charge in [0.2, 0.25) is 0 Å². The smallest absolute Gasteiger partial charge is 0.155 e. The molecule has 0 aliphatic heterocycles. The highest BCUT2D eigenvalue weighted by Gasteiger charge is 2.07. The first-order valence-electron chi connectivity index (χ1n) is 11.5. The summed E-state index contributed by atoms with van der Waals surface area (Å²) in [6.45, 7) is 1.47. The van der Waals surface area contributed by atoms with E-state index in [0.717, 1.165) is 30.5 Å². The van der Waals surface area contributed by atoms with Crippen molar-refractivity contribution in [3.63, 3.8) is 0 Å². The van der Waals surface area contributed by atoms with E-state index in [-0.39, 0.29) is 11.5 Å². The predicted molar refractivity (Wildman–Crippen MR) is 129 cm³/mol. The monoisotopic (exact) mass is 415 g/mol. The number of unbranched alkanes of at least 4 members (excludes halogenated alkanes) is 6. The van der Waals surface area contributed by atoms with Gasteiger partial charge in [0.25, 0.3) is 0 Å². The predicted octanol–water partition coefficient (Wildman–Crippen LogP) is 7.60. The van der Waals surface area contributed by atoms with Gasteiger partial charge in [-0.05, 0) is 43.9 Å². The molecule has 0 amide bonds. The third-order valence-electron chi connectivity index (χ3n) is 5.62. The maximum Gasteiger partial charge on any atom is 0.155 e. The zero-order valence-corrected chi connectivity index (χ0v) is 18.5. The van der Waals surface area contributed by atoms with Crippen LogP contribution in [0.5, 0.6) is 0 Å². The first-order valence-corrected chi connectivity index (χ1v) is 11.5. The van der Waals surface area contributed by atoms with Crippen molar-refractivity contribution >= 4 is 16.7 Å². The molecular formula is C28H33NO2. The van der Waals surface area contributed by atoms with E-state index in [2.05, 4.69) is 54.6 Å². The summed E-state index contributed by atoms with van der Waals surface area (Å²) in [5.41, 5.74) is 4.67. The van der Waals surface area contributed by atoms with Gasteiger partial charge in [0, 0.05) is 23.4 Å². The first kappa shape index (κ1) is 22.7. The summed E-state index contributed by atoms with van der Waals surface area (Å²) in [5.74, 6) is 0.127. The number of aryl methyl sites for hydroxylation is 1. The quantitative estimate of drug-likeness (QED) is 0.188. The third kappa shape index (κ3) is 7.36. The fraction of sp³-hybridized carbons (Fsp3) is 0.357. The van der Waals surface area contributed by atoms with Crippen molar-refractivity contribution in [2.45, 2.75) is 64.7 Å². The Hall–Kier alpha value is -2.94. The number of carbonyl (C=O) groups is 1. The first-order chi connectivity index (χ1) is 15.1. The van der Waals surface area contributed by atoms with Crippen molar-refractivity contribution in [2.75, 3.05) is 0 Å². The lowest BCUT2D eigenvalue weighted by Crippen LogP contribution is -1.94. The molecule has 0 saturated heterocycles. The van der Waals surface area contributed by atoms with Crippen LogP contribution in [0.3, 0.4) is 0 Å². The molecule has 0 aliphatic rings. The molecule has 3 heteroatoms. The number of pyridine rings is 1. The van der Waals surface area contributed by atoms with Gasteiger partial charge >= 0.3 is 0 Å². The number of aliphatic hydroxyl groups excluding tert-OH is 1. The van der Waals surface area contributed by atoms with Gasteiger partial charge in [-0.3, -0.25) is 4.79 Å². The van der Waals surface area contributed by atoms with Crippen LogP contribution in [0.4, 0.5) is 0 Å². The molecule has 3 aromatic rings. The summed E-state index contributed by atoms with van der Waals surface area (Å²) in [5, 5.41) is 10.9. The normalized spacial score (nSPS) is 11.7. The second-order valence-corrected chi connectivity index (χ2v) is 8.27. The summed E-state index contributed by atoms with van der Waals surface area (Å²) >= 11 is 0. The number of nitrogens with zero attached hydrogens (tertiary/aromatic N) is 1. The van der Waals surface area contributed by atoms with Crippen LogP contribution in [0.2, 0.25) is 0 Å². The maximum atomic E-state index is 10.9. The van der Waals surface area contributed by atoms with E-state index in [0.29, 0.717) is 6.42 Å². The molecule has 0 bridgehead atoms. The Bertz CT molecular complexity index is 1010. The van der Waals surface area contributed by atoms with Gasteiger partial charge < -0.3 is 5.11 Å². The van der Waals surface area contributed by atoms with E-state index in [1.54, 1.807) is 0 Å². The molecule has 1 N–H and O–H groups in total. The molecule has 1 heterocycles. The highest BCUT2D eigenvalue weighted by atomic mass is 16.3. The third-order valence-corrected chi connectivity index (χ3v) is 5.62. The van der Waals surface area contributed by atoms with Crippen LogP contribution in [0, 0.1) is 0 Å². The van der Waals surface area contributed by atoms with Gasteiger partial charge in [-0.25, -0.2) is 4.98 Å². The Kier molecular flexibility index (Phi) is 8.84. The van der Waals surface area contributed by atoms with Crippen molar-refractivity contribution in [1.82, 2.24) is 4.98 Å². The van der Waals surface area contributed by atoms with Crippen molar-refractivity contribution in [1.29, 1.82) is 0 Å². The van der Waals surface area contributed by atoms with Crippen LogP contribution < -0.4 is 0 Å². The lowest BCUT2D eigenvalue weighted by molar-refractivity contribution is -0.112. The van der Waals surface area contributed by atoms with Gasteiger partial charge in [0.05, 0.1) is 17.0 Å². The molecule has 162 valence electrons. The van der Waals surface area contributed by atoms with E-state index >= 15 is 0 Å². The Labute approximate surface area is 185 Å². The molecule has 3 nitrogen and oxygen atoms in total. The standard InChI is InChI=1S/C28H33NO2/c1-22(30)20-25(31)17-11-6-4-2-3-5-8-16-24-21-28(23-14-9-7-10-15-23)29-27-19-13-12-18-26(24)27/h7,9-10,12-15,18-21,31H,2-6,8,11,16-17H2,1H3. The number of hydrogen-bond donors (Lipinski definition) is 1. The van der Waals surface area contributed by atoms with Crippen LogP contribution in [0.15, 0.2) is 72.5 Å².